The first-order valence-electron chi connectivity index (χ1n) is 7.26. The fourth-order valence-electron chi connectivity index (χ4n) is 2.89. The zero-order valence-electron chi connectivity index (χ0n) is 11.7. The molecule has 0 spiro atoms. The monoisotopic (exact) mass is 260 g/mol. The molecule has 1 aromatic rings. The van der Waals surface area contributed by atoms with E-state index in [-0.39, 0.29) is 5.91 Å². The highest BCUT2D eigenvalue weighted by molar-refractivity contribution is 5.78. The first-order valence-corrected chi connectivity index (χ1v) is 7.26. The van der Waals surface area contributed by atoms with Gasteiger partial charge in [0, 0.05) is 12.2 Å². The van der Waals surface area contributed by atoms with Crippen molar-refractivity contribution in [2.24, 2.45) is 11.8 Å². The van der Waals surface area contributed by atoms with Gasteiger partial charge in [0.25, 0.3) is 0 Å². The summed E-state index contributed by atoms with van der Waals surface area (Å²) in [5.41, 5.74) is 7.41. The molecular formula is C16H24N2O. The van der Waals surface area contributed by atoms with Crippen LogP contribution in [0.1, 0.15) is 38.2 Å². The van der Waals surface area contributed by atoms with Crippen LogP contribution in [0.15, 0.2) is 24.3 Å². The van der Waals surface area contributed by atoms with Crippen LogP contribution in [0.2, 0.25) is 0 Å². The van der Waals surface area contributed by atoms with Crippen molar-refractivity contribution < 1.29 is 4.79 Å². The van der Waals surface area contributed by atoms with Gasteiger partial charge in [0.05, 0.1) is 6.42 Å². The molecular weight excluding hydrogens is 236 g/mol. The number of rotatable bonds is 4. The van der Waals surface area contributed by atoms with Crippen molar-refractivity contribution in [3.8, 4) is 0 Å². The number of hydrogen-bond acceptors (Lipinski definition) is 2. The van der Waals surface area contributed by atoms with Gasteiger partial charge in [0.1, 0.15) is 0 Å². The summed E-state index contributed by atoms with van der Waals surface area (Å²) in [5, 5.41) is 3.07. The van der Waals surface area contributed by atoms with Gasteiger partial charge in [-0.2, -0.15) is 0 Å². The van der Waals surface area contributed by atoms with E-state index >= 15 is 0 Å². The van der Waals surface area contributed by atoms with Crippen LogP contribution in [-0.4, -0.2) is 12.5 Å². The number of nitrogens with one attached hydrogen (secondary N) is 1. The van der Waals surface area contributed by atoms with Crippen molar-refractivity contribution in [2.45, 2.75) is 39.0 Å². The van der Waals surface area contributed by atoms with Crippen molar-refractivity contribution in [1.82, 2.24) is 5.32 Å². The second-order valence-corrected chi connectivity index (χ2v) is 5.75. The third-order valence-electron chi connectivity index (χ3n) is 4.17. The molecule has 3 heteroatoms. The lowest BCUT2D eigenvalue weighted by Crippen LogP contribution is -2.34. The van der Waals surface area contributed by atoms with Crippen molar-refractivity contribution in [1.29, 1.82) is 0 Å². The summed E-state index contributed by atoms with van der Waals surface area (Å²) in [6, 6.07) is 7.54. The molecule has 104 valence electrons. The van der Waals surface area contributed by atoms with E-state index in [0.717, 1.165) is 18.0 Å². The van der Waals surface area contributed by atoms with E-state index in [1.807, 2.05) is 24.3 Å². The summed E-state index contributed by atoms with van der Waals surface area (Å²) in [5.74, 6) is 1.49. The molecule has 1 aliphatic rings. The molecule has 0 bridgehead atoms. The topological polar surface area (TPSA) is 55.1 Å². The van der Waals surface area contributed by atoms with E-state index in [2.05, 4.69) is 12.2 Å². The normalized spacial score (nSPS) is 23.0. The van der Waals surface area contributed by atoms with Crippen molar-refractivity contribution >= 4 is 11.6 Å². The minimum Gasteiger partial charge on any atom is -0.399 e. The molecule has 0 aromatic heterocycles. The van der Waals surface area contributed by atoms with Crippen molar-refractivity contribution in [3.63, 3.8) is 0 Å². The van der Waals surface area contributed by atoms with Gasteiger partial charge in [0.2, 0.25) is 5.91 Å². The van der Waals surface area contributed by atoms with Crippen LogP contribution < -0.4 is 11.1 Å². The Balaban J connectivity index is 1.78. The minimum atomic E-state index is 0.100. The second-order valence-electron chi connectivity index (χ2n) is 5.75. The van der Waals surface area contributed by atoms with Gasteiger partial charge in [-0.15, -0.1) is 0 Å². The lowest BCUT2D eigenvalue weighted by molar-refractivity contribution is -0.120. The zero-order valence-corrected chi connectivity index (χ0v) is 11.7. The Bertz CT molecular complexity index is 431. The van der Waals surface area contributed by atoms with E-state index in [4.69, 9.17) is 5.73 Å². The first-order chi connectivity index (χ1) is 9.15. The molecule has 1 aromatic carbocycles. The first kappa shape index (κ1) is 13.9. The number of hydrogen-bond donors (Lipinski definition) is 2. The standard InChI is InChI=1S/C16H24N2O/c1-12-5-2-3-7-14(12)11-18-16(19)10-13-6-4-8-15(17)9-13/h4,6,8-9,12,14H,2-3,5,7,10-11,17H2,1H3,(H,18,19). The van der Waals surface area contributed by atoms with Crippen molar-refractivity contribution in [3.05, 3.63) is 29.8 Å². The molecule has 2 atom stereocenters. The lowest BCUT2D eigenvalue weighted by atomic mass is 9.80. The van der Waals surface area contributed by atoms with Gasteiger partial charge >= 0.3 is 0 Å². The Morgan fingerprint density at radius 2 is 2.16 bits per heavy atom. The highest BCUT2D eigenvalue weighted by Gasteiger charge is 2.21. The number of benzene rings is 1. The zero-order chi connectivity index (χ0) is 13.7. The summed E-state index contributed by atoms with van der Waals surface area (Å²) in [6.45, 7) is 3.12. The highest BCUT2D eigenvalue weighted by Crippen LogP contribution is 2.28. The Morgan fingerprint density at radius 1 is 1.37 bits per heavy atom. The van der Waals surface area contributed by atoms with Gasteiger partial charge in [-0.25, -0.2) is 0 Å². The molecule has 0 heterocycles. The number of carbonyl (C=O) groups excluding carboxylic acids is 1. The Kier molecular flexibility index (Phi) is 4.83. The summed E-state index contributed by atoms with van der Waals surface area (Å²) in [6.07, 6.45) is 5.62. The summed E-state index contributed by atoms with van der Waals surface area (Å²) in [7, 11) is 0. The van der Waals surface area contributed by atoms with Crippen LogP contribution in [0.4, 0.5) is 5.69 Å². The molecule has 1 fully saturated rings. The average Bonchev–Trinajstić information content (AvgIpc) is 2.38. The predicted molar refractivity (Wildman–Crippen MR) is 78.7 cm³/mol. The van der Waals surface area contributed by atoms with E-state index in [1.54, 1.807) is 0 Å². The van der Waals surface area contributed by atoms with Gasteiger partial charge in [-0.3, -0.25) is 4.79 Å². The lowest BCUT2D eigenvalue weighted by Gasteiger charge is -2.28. The maximum atomic E-state index is 11.9. The maximum absolute atomic E-state index is 11.9. The largest absolute Gasteiger partial charge is 0.399 e. The van der Waals surface area contributed by atoms with E-state index in [0.29, 0.717) is 18.0 Å². The minimum absolute atomic E-state index is 0.100. The van der Waals surface area contributed by atoms with Gasteiger partial charge in [-0.05, 0) is 36.0 Å². The van der Waals surface area contributed by atoms with Gasteiger partial charge in [0.15, 0.2) is 0 Å². The third-order valence-corrected chi connectivity index (χ3v) is 4.17. The smallest absolute Gasteiger partial charge is 0.224 e. The van der Waals surface area contributed by atoms with Crippen LogP contribution in [0.25, 0.3) is 0 Å². The Labute approximate surface area is 115 Å². The SMILES string of the molecule is CC1CCCCC1CNC(=O)Cc1cccc(N)c1. The number of amides is 1. The Morgan fingerprint density at radius 3 is 2.89 bits per heavy atom. The van der Waals surface area contributed by atoms with E-state index < -0.39 is 0 Å². The number of carbonyl (C=O) groups is 1. The molecule has 2 unspecified atom stereocenters. The molecule has 1 aliphatic carbocycles. The molecule has 0 radical (unpaired) electrons. The van der Waals surface area contributed by atoms with Crippen LogP contribution in [0.5, 0.6) is 0 Å². The molecule has 3 nitrogen and oxygen atoms in total. The second kappa shape index (κ2) is 6.60. The predicted octanol–water partition coefficient (Wildman–Crippen LogP) is 2.75. The summed E-state index contributed by atoms with van der Waals surface area (Å²) < 4.78 is 0. The molecule has 19 heavy (non-hydrogen) atoms. The molecule has 1 saturated carbocycles. The highest BCUT2D eigenvalue weighted by atomic mass is 16.1. The van der Waals surface area contributed by atoms with Gasteiger partial charge in [-0.1, -0.05) is 38.3 Å². The Hall–Kier alpha value is -1.51. The van der Waals surface area contributed by atoms with E-state index in [1.165, 1.54) is 25.7 Å². The summed E-state index contributed by atoms with van der Waals surface area (Å²) >= 11 is 0. The van der Waals surface area contributed by atoms with Crippen LogP contribution in [0, 0.1) is 11.8 Å². The maximum Gasteiger partial charge on any atom is 0.224 e. The molecule has 2 rings (SSSR count). The summed E-state index contributed by atoms with van der Waals surface area (Å²) in [4.78, 5) is 11.9. The fraction of sp³-hybridized carbons (Fsp3) is 0.562. The molecule has 0 aliphatic heterocycles. The number of nitrogens with two attached hydrogens (primary N) is 1. The number of nitrogen functional groups attached to an aromatic ring is 1. The third kappa shape index (κ3) is 4.27. The van der Waals surface area contributed by atoms with Gasteiger partial charge < -0.3 is 11.1 Å². The van der Waals surface area contributed by atoms with Crippen LogP contribution in [-0.2, 0) is 11.2 Å². The van der Waals surface area contributed by atoms with Crippen LogP contribution in [0.3, 0.4) is 0 Å². The molecule has 0 saturated heterocycles. The fourth-order valence-corrected chi connectivity index (χ4v) is 2.89. The van der Waals surface area contributed by atoms with E-state index in [9.17, 15) is 4.79 Å². The van der Waals surface area contributed by atoms with Crippen molar-refractivity contribution in [2.75, 3.05) is 12.3 Å². The number of anilines is 1. The van der Waals surface area contributed by atoms with Crippen LogP contribution >= 0.6 is 0 Å². The average molecular weight is 260 g/mol. The molecule has 3 N–H and O–H groups in total. The molecule has 1 amide bonds. The quantitative estimate of drug-likeness (QED) is 0.818.